The van der Waals surface area contributed by atoms with Crippen LogP contribution in [0, 0.1) is 5.82 Å². The first-order chi connectivity index (χ1) is 11.6. The molecule has 0 saturated heterocycles. The molecule has 0 saturated carbocycles. The Bertz CT molecular complexity index is 613. The van der Waals surface area contributed by atoms with Crippen LogP contribution < -0.4 is 10.2 Å². The Hall–Kier alpha value is -2.17. The first kappa shape index (κ1) is 18.2. The summed E-state index contributed by atoms with van der Waals surface area (Å²) < 4.78 is 13.3. The van der Waals surface area contributed by atoms with Crippen molar-refractivity contribution in [3.8, 4) is 0 Å². The highest BCUT2D eigenvalue weighted by Gasteiger charge is 2.14. The standard InChI is InChI=1S/C19H25FN2O2/c1-15(23)22(18-9-5-8-17(20)14-18)13-11-19(24)21-12-10-16-6-3-2-4-7-16/h5-6,8-9,14H,2-4,7,10-13H2,1H3,(H,21,24). The predicted octanol–water partition coefficient (Wildman–Crippen LogP) is 3.58. The molecular formula is C19H25FN2O2. The zero-order valence-electron chi connectivity index (χ0n) is 14.2. The van der Waals surface area contributed by atoms with Crippen molar-refractivity contribution in [2.45, 2.75) is 45.4 Å². The van der Waals surface area contributed by atoms with Crippen molar-refractivity contribution in [2.24, 2.45) is 0 Å². The molecule has 1 aliphatic rings. The highest BCUT2D eigenvalue weighted by molar-refractivity contribution is 5.92. The van der Waals surface area contributed by atoms with Crippen LogP contribution in [0.4, 0.5) is 10.1 Å². The number of anilines is 1. The summed E-state index contributed by atoms with van der Waals surface area (Å²) in [6, 6.07) is 5.85. The van der Waals surface area contributed by atoms with Gasteiger partial charge in [-0.2, -0.15) is 0 Å². The molecule has 1 aromatic carbocycles. The van der Waals surface area contributed by atoms with E-state index >= 15 is 0 Å². The van der Waals surface area contributed by atoms with Crippen LogP contribution in [0.3, 0.4) is 0 Å². The average molecular weight is 332 g/mol. The molecule has 0 atom stereocenters. The maximum atomic E-state index is 13.3. The minimum Gasteiger partial charge on any atom is -0.356 e. The normalized spacial score (nSPS) is 14.0. The monoisotopic (exact) mass is 332 g/mol. The zero-order valence-corrected chi connectivity index (χ0v) is 14.2. The first-order valence-corrected chi connectivity index (χ1v) is 8.54. The predicted molar refractivity (Wildman–Crippen MR) is 93.2 cm³/mol. The maximum absolute atomic E-state index is 13.3. The van der Waals surface area contributed by atoms with E-state index in [-0.39, 0.29) is 24.8 Å². The number of nitrogens with zero attached hydrogens (tertiary/aromatic N) is 1. The van der Waals surface area contributed by atoms with Gasteiger partial charge in [0.25, 0.3) is 0 Å². The van der Waals surface area contributed by atoms with Crippen molar-refractivity contribution in [3.63, 3.8) is 0 Å². The van der Waals surface area contributed by atoms with Gasteiger partial charge in [-0.25, -0.2) is 4.39 Å². The summed E-state index contributed by atoms with van der Waals surface area (Å²) in [5.41, 5.74) is 1.90. The number of halogens is 1. The molecule has 0 unspecified atom stereocenters. The van der Waals surface area contributed by atoms with Crippen LogP contribution in [0.25, 0.3) is 0 Å². The number of hydrogen-bond donors (Lipinski definition) is 1. The molecule has 0 fully saturated rings. The van der Waals surface area contributed by atoms with E-state index in [0.29, 0.717) is 12.2 Å². The van der Waals surface area contributed by atoms with E-state index in [1.807, 2.05) is 0 Å². The second kappa shape index (κ2) is 9.21. The molecule has 4 nitrogen and oxygen atoms in total. The smallest absolute Gasteiger partial charge is 0.223 e. The van der Waals surface area contributed by atoms with Gasteiger partial charge in [-0.05, 0) is 50.3 Å². The van der Waals surface area contributed by atoms with Crippen molar-refractivity contribution in [2.75, 3.05) is 18.0 Å². The second-order valence-corrected chi connectivity index (χ2v) is 6.11. The van der Waals surface area contributed by atoms with Crippen molar-refractivity contribution < 1.29 is 14.0 Å². The minimum absolute atomic E-state index is 0.0888. The summed E-state index contributed by atoms with van der Waals surface area (Å²) in [7, 11) is 0. The number of benzene rings is 1. The quantitative estimate of drug-likeness (QED) is 0.776. The molecule has 2 amide bonds. The molecule has 24 heavy (non-hydrogen) atoms. The Labute approximate surface area is 142 Å². The van der Waals surface area contributed by atoms with Gasteiger partial charge < -0.3 is 10.2 Å². The Morgan fingerprint density at radius 2 is 2.12 bits per heavy atom. The lowest BCUT2D eigenvalue weighted by Crippen LogP contribution is -2.34. The van der Waals surface area contributed by atoms with Crippen molar-refractivity contribution in [3.05, 3.63) is 41.7 Å². The lowest BCUT2D eigenvalue weighted by molar-refractivity contribution is -0.121. The molecule has 0 aliphatic heterocycles. The van der Waals surface area contributed by atoms with Crippen molar-refractivity contribution >= 4 is 17.5 Å². The molecule has 1 aliphatic carbocycles. The highest BCUT2D eigenvalue weighted by atomic mass is 19.1. The third-order valence-corrected chi connectivity index (χ3v) is 4.22. The van der Waals surface area contributed by atoms with Gasteiger partial charge in [0.05, 0.1) is 0 Å². The summed E-state index contributed by atoms with van der Waals surface area (Å²) in [5.74, 6) is -0.696. The fraction of sp³-hybridized carbons (Fsp3) is 0.474. The van der Waals surface area contributed by atoms with Gasteiger partial charge in [-0.3, -0.25) is 9.59 Å². The fourth-order valence-electron chi connectivity index (χ4n) is 2.91. The summed E-state index contributed by atoms with van der Waals surface area (Å²) in [5, 5.41) is 2.90. The summed E-state index contributed by atoms with van der Waals surface area (Å²) in [4.78, 5) is 25.1. The largest absolute Gasteiger partial charge is 0.356 e. The van der Waals surface area contributed by atoms with E-state index in [1.165, 1.54) is 42.4 Å². The Morgan fingerprint density at radius 3 is 2.79 bits per heavy atom. The van der Waals surface area contributed by atoms with E-state index in [1.54, 1.807) is 12.1 Å². The van der Waals surface area contributed by atoms with Crippen LogP contribution in [0.2, 0.25) is 0 Å². The van der Waals surface area contributed by atoms with Crippen LogP contribution >= 0.6 is 0 Å². The van der Waals surface area contributed by atoms with E-state index in [2.05, 4.69) is 11.4 Å². The number of carbonyl (C=O) groups is 2. The Balaban J connectivity index is 1.78. The number of rotatable bonds is 7. The lowest BCUT2D eigenvalue weighted by Gasteiger charge is -2.21. The molecule has 5 heteroatoms. The van der Waals surface area contributed by atoms with E-state index < -0.39 is 5.82 Å². The Morgan fingerprint density at radius 1 is 1.29 bits per heavy atom. The van der Waals surface area contributed by atoms with Gasteiger partial charge in [0.1, 0.15) is 5.82 Å². The zero-order chi connectivity index (χ0) is 17.4. The highest BCUT2D eigenvalue weighted by Crippen LogP contribution is 2.19. The van der Waals surface area contributed by atoms with E-state index in [4.69, 9.17) is 0 Å². The third-order valence-electron chi connectivity index (χ3n) is 4.22. The number of hydrogen-bond acceptors (Lipinski definition) is 2. The van der Waals surface area contributed by atoms with Gasteiger partial charge >= 0.3 is 0 Å². The van der Waals surface area contributed by atoms with Crippen LogP contribution in [-0.2, 0) is 9.59 Å². The number of nitrogens with one attached hydrogen (secondary N) is 1. The molecule has 0 heterocycles. The molecule has 1 aromatic rings. The van der Waals surface area contributed by atoms with Gasteiger partial charge in [0, 0.05) is 32.1 Å². The third kappa shape index (κ3) is 5.80. The van der Waals surface area contributed by atoms with Gasteiger partial charge in [0.2, 0.25) is 11.8 Å². The molecule has 0 aromatic heterocycles. The van der Waals surface area contributed by atoms with Crippen LogP contribution in [-0.4, -0.2) is 24.9 Å². The first-order valence-electron chi connectivity index (χ1n) is 8.54. The van der Waals surface area contributed by atoms with Gasteiger partial charge in [-0.15, -0.1) is 0 Å². The van der Waals surface area contributed by atoms with Crippen molar-refractivity contribution in [1.82, 2.24) is 5.32 Å². The SMILES string of the molecule is CC(=O)N(CCC(=O)NCCC1=CCCCC1)c1cccc(F)c1. The molecular weight excluding hydrogens is 307 g/mol. The number of allylic oxidation sites excluding steroid dienone is 1. The summed E-state index contributed by atoms with van der Waals surface area (Å²) >= 11 is 0. The maximum Gasteiger partial charge on any atom is 0.223 e. The molecule has 0 bridgehead atoms. The molecule has 1 N–H and O–H groups in total. The molecule has 130 valence electrons. The van der Waals surface area contributed by atoms with Gasteiger partial charge in [0.15, 0.2) is 0 Å². The van der Waals surface area contributed by atoms with Crippen LogP contribution in [0.5, 0.6) is 0 Å². The van der Waals surface area contributed by atoms with E-state index in [0.717, 1.165) is 19.3 Å². The summed E-state index contributed by atoms with van der Waals surface area (Å²) in [6.07, 6.45) is 8.15. The topological polar surface area (TPSA) is 49.4 Å². The molecule has 0 radical (unpaired) electrons. The molecule has 0 spiro atoms. The van der Waals surface area contributed by atoms with Crippen LogP contribution in [0.1, 0.15) is 45.4 Å². The number of amides is 2. The lowest BCUT2D eigenvalue weighted by atomic mass is 9.97. The number of carbonyl (C=O) groups excluding carboxylic acids is 2. The summed E-state index contributed by atoms with van der Waals surface area (Å²) in [6.45, 7) is 2.29. The average Bonchev–Trinajstić information content (AvgIpc) is 2.56. The van der Waals surface area contributed by atoms with Gasteiger partial charge in [-0.1, -0.05) is 17.7 Å². The van der Waals surface area contributed by atoms with E-state index in [9.17, 15) is 14.0 Å². The second-order valence-electron chi connectivity index (χ2n) is 6.11. The minimum atomic E-state index is -0.399. The van der Waals surface area contributed by atoms with Crippen LogP contribution in [0.15, 0.2) is 35.9 Å². The van der Waals surface area contributed by atoms with Crippen molar-refractivity contribution in [1.29, 1.82) is 0 Å². The molecule has 2 rings (SSSR count). The Kier molecular flexibility index (Phi) is 6.97. The fourth-order valence-corrected chi connectivity index (χ4v) is 2.91.